The summed E-state index contributed by atoms with van der Waals surface area (Å²) in [4.78, 5) is 12.1. The van der Waals surface area contributed by atoms with Gasteiger partial charge in [-0.2, -0.15) is 0 Å². The number of nitrogens with two attached hydrogens (primary N) is 1. The smallest absolute Gasteiger partial charge is 0.251 e. The van der Waals surface area contributed by atoms with E-state index < -0.39 is 0 Å². The molecule has 3 heteroatoms. The van der Waals surface area contributed by atoms with Gasteiger partial charge in [-0.1, -0.05) is 30.3 Å². The molecule has 1 unspecified atom stereocenters. The highest BCUT2D eigenvalue weighted by molar-refractivity contribution is 5.95. The van der Waals surface area contributed by atoms with E-state index in [1.54, 1.807) is 12.1 Å². The van der Waals surface area contributed by atoms with Crippen molar-refractivity contribution in [1.82, 2.24) is 5.32 Å². The van der Waals surface area contributed by atoms with Crippen LogP contribution in [0, 0.1) is 6.92 Å². The predicted molar refractivity (Wildman–Crippen MR) is 77.9 cm³/mol. The molecular formula is C16H18N2O. The molecule has 19 heavy (non-hydrogen) atoms. The van der Waals surface area contributed by atoms with Crippen LogP contribution in [0.25, 0.3) is 0 Å². The molecule has 0 fully saturated rings. The lowest BCUT2D eigenvalue weighted by molar-refractivity contribution is 0.0940. The van der Waals surface area contributed by atoms with E-state index in [9.17, 15) is 4.79 Å². The molecule has 0 spiro atoms. The highest BCUT2D eigenvalue weighted by Gasteiger charge is 2.11. The Kier molecular flexibility index (Phi) is 3.85. The Bertz CT molecular complexity index is 579. The van der Waals surface area contributed by atoms with E-state index >= 15 is 0 Å². The molecule has 3 nitrogen and oxygen atoms in total. The summed E-state index contributed by atoms with van der Waals surface area (Å²) < 4.78 is 0. The maximum absolute atomic E-state index is 12.1. The molecule has 0 radical (unpaired) electrons. The van der Waals surface area contributed by atoms with Crippen molar-refractivity contribution in [3.63, 3.8) is 0 Å². The van der Waals surface area contributed by atoms with E-state index in [-0.39, 0.29) is 11.9 Å². The van der Waals surface area contributed by atoms with Gasteiger partial charge >= 0.3 is 0 Å². The monoisotopic (exact) mass is 254 g/mol. The summed E-state index contributed by atoms with van der Waals surface area (Å²) in [7, 11) is 0. The van der Waals surface area contributed by atoms with Crippen LogP contribution < -0.4 is 11.1 Å². The third kappa shape index (κ3) is 3.13. The molecule has 0 aliphatic carbocycles. The van der Waals surface area contributed by atoms with Gasteiger partial charge in [-0.15, -0.1) is 0 Å². The topological polar surface area (TPSA) is 55.1 Å². The Morgan fingerprint density at radius 3 is 2.47 bits per heavy atom. The third-order valence-electron chi connectivity index (χ3n) is 3.18. The maximum atomic E-state index is 12.1. The molecule has 3 N–H and O–H groups in total. The van der Waals surface area contributed by atoms with Gasteiger partial charge in [-0.05, 0) is 43.2 Å². The van der Waals surface area contributed by atoms with Crippen LogP contribution >= 0.6 is 0 Å². The van der Waals surface area contributed by atoms with Crippen molar-refractivity contribution in [1.29, 1.82) is 0 Å². The molecule has 0 aliphatic heterocycles. The number of anilines is 1. The number of rotatable bonds is 3. The summed E-state index contributed by atoms with van der Waals surface area (Å²) in [6.07, 6.45) is 0. The van der Waals surface area contributed by atoms with Crippen molar-refractivity contribution in [2.45, 2.75) is 19.9 Å². The average molecular weight is 254 g/mol. The molecule has 98 valence electrons. The lowest BCUT2D eigenvalue weighted by Crippen LogP contribution is -2.26. The number of nitrogens with one attached hydrogen (secondary N) is 1. The molecule has 1 amide bonds. The minimum Gasteiger partial charge on any atom is -0.399 e. The van der Waals surface area contributed by atoms with Gasteiger partial charge in [0.15, 0.2) is 0 Å². The first kappa shape index (κ1) is 13.1. The predicted octanol–water partition coefficient (Wildman–Crippen LogP) is 3.07. The average Bonchev–Trinajstić information content (AvgIpc) is 2.42. The van der Waals surface area contributed by atoms with Gasteiger partial charge in [-0.3, -0.25) is 4.79 Å². The van der Waals surface area contributed by atoms with Gasteiger partial charge in [-0.25, -0.2) is 0 Å². The lowest BCUT2D eigenvalue weighted by atomic mass is 10.1. The minimum atomic E-state index is -0.0838. The summed E-state index contributed by atoms with van der Waals surface area (Å²) in [5.74, 6) is -0.0838. The second-order valence-corrected chi connectivity index (χ2v) is 4.68. The van der Waals surface area contributed by atoms with Crippen LogP contribution in [0.15, 0.2) is 48.5 Å². The van der Waals surface area contributed by atoms with E-state index in [0.717, 1.165) is 11.1 Å². The summed E-state index contributed by atoms with van der Waals surface area (Å²) in [5, 5.41) is 2.98. The number of benzene rings is 2. The van der Waals surface area contributed by atoms with Crippen molar-refractivity contribution in [2.75, 3.05) is 5.73 Å². The van der Waals surface area contributed by atoms with Crippen molar-refractivity contribution in [3.8, 4) is 0 Å². The van der Waals surface area contributed by atoms with Crippen LogP contribution in [-0.4, -0.2) is 5.91 Å². The largest absolute Gasteiger partial charge is 0.399 e. The quantitative estimate of drug-likeness (QED) is 0.827. The molecule has 1 atom stereocenters. The van der Waals surface area contributed by atoms with Crippen LogP contribution in [0.2, 0.25) is 0 Å². The van der Waals surface area contributed by atoms with Gasteiger partial charge in [0.05, 0.1) is 6.04 Å². The Morgan fingerprint density at radius 2 is 1.84 bits per heavy atom. The molecule has 0 aliphatic rings. The van der Waals surface area contributed by atoms with Gasteiger partial charge < -0.3 is 11.1 Å². The maximum Gasteiger partial charge on any atom is 0.251 e. The first-order chi connectivity index (χ1) is 9.08. The zero-order valence-electron chi connectivity index (χ0n) is 11.2. The molecule has 0 saturated heterocycles. The fraction of sp³-hybridized carbons (Fsp3) is 0.188. The summed E-state index contributed by atoms with van der Waals surface area (Å²) in [5.41, 5.74) is 9.09. The minimum absolute atomic E-state index is 0.0217. The fourth-order valence-corrected chi connectivity index (χ4v) is 1.92. The second-order valence-electron chi connectivity index (χ2n) is 4.68. The van der Waals surface area contributed by atoms with Crippen molar-refractivity contribution in [3.05, 3.63) is 65.2 Å². The molecule has 0 heterocycles. The number of nitrogen functional groups attached to an aromatic ring is 1. The highest BCUT2D eigenvalue weighted by atomic mass is 16.1. The van der Waals surface area contributed by atoms with E-state index in [2.05, 4.69) is 5.32 Å². The fourth-order valence-electron chi connectivity index (χ4n) is 1.92. The van der Waals surface area contributed by atoms with Crippen LogP contribution in [0.1, 0.15) is 34.5 Å². The molecule has 0 saturated carbocycles. The van der Waals surface area contributed by atoms with Crippen molar-refractivity contribution < 1.29 is 4.79 Å². The van der Waals surface area contributed by atoms with Crippen LogP contribution in [-0.2, 0) is 0 Å². The Morgan fingerprint density at radius 1 is 1.16 bits per heavy atom. The van der Waals surface area contributed by atoms with Gasteiger partial charge in [0.25, 0.3) is 5.91 Å². The first-order valence-electron chi connectivity index (χ1n) is 6.30. The standard InChI is InChI=1S/C16H18N2O/c1-11-10-14(8-9-15(11)17)16(19)18-12(2)13-6-4-3-5-7-13/h3-10,12H,17H2,1-2H3,(H,18,19). The SMILES string of the molecule is Cc1cc(C(=O)NC(C)c2ccccc2)ccc1N. The number of hydrogen-bond donors (Lipinski definition) is 2. The van der Waals surface area contributed by atoms with Crippen LogP contribution in [0.3, 0.4) is 0 Å². The molecular weight excluding hydrogens is 236 g/mol. The first-order valence-corrected chi connectivity index (χ1v) is 6.30. The molecule has 2 aromatic rings. The zero-order chi connectivity index (χ0) is 13.8. The molecule has 2 rings (SSSR count). The summed E-state index contributed by atoms with van der Waals surface area (Å²) in [6.45, 7) is 3.87. The zero-order valence-corrected chi connectivity index (χ0v) is 11.2. The Labute approximate surface area is 113 Å². The van der Waals surface area contributed by atoms with E-state index in [0.29, 0.717) is 11.3 Å². The number of carbonyl (C=O) groups is 1. The van der Waals surface area contributed by atoms with Gasteiger partial charge in [0, 0.05) is 11.3 Å². The van der Waals surface area contributed by atoms with Gasteiger partial charge in [0.2, 0.25) is 0 Å². The second kappa shape index (κ2) is 5.57. The van der Waals surface area contributed by atoms with Crippen molar-refractivity contribution in [2.24, 2.45) is 0 Å². The molecule has 0 bridgehead atoms. The number of hydrogen-bond acceptors (Lipinski definition) is 2. The molecule has 0 aromatic heterocycles. The highest BCUT2D eigenvalue weighted by Crippen LogP contribution is 2.15. The lowest BCUT2D eigenvalue weighted by Gasteiger charge is -2.14. The summed E-state index contributed by atoms with van der Waals surface area (Å²) >= 11 is 0. The Balaban J connectivity index is 2.11. The number of carbonyl (C=O) groups excluding carboxylic acids is 1. The van der Waals surface area contributed by atoms with E-state index in [1.807, 2.05) is 50.2 Å². The Hall–Kier alpha value is -2.29. The number of amides is 1. The molecule has 2 aromatic carbocycles. The van der Waals surface area contributed by atoms with E-state index in [4.69, 9.17) is 5.73 Å². The summed E-state index contributed by atoms with van der Waals surface area (Å²) in [6, 6.07) is 15.2. The normalized spacial score (nSPS) is 11.9. The van der Waals surface area contributed by atoms with Crippen molar-refractivity contribution >= 4 is 11.6 Å². The van der Waals surface area contributed by atoms with E-state index in [1.165, 1.54) is 0 Å². The third-order valence-corrected chi connectivity index (χ3v) is 3.18. The van der Waals surface area contributed by atoms with Gasteiger partial charge in [0.1, 0.15) is 0 Å². The number of aryl methyl sites for hydroxylation is 1. The van der Waals surface area contributed by atoms with Crippen LogP contribution in [0.5, 0.6) is 0 Å². The van der Waals surface area contributed by atoms with Crippen LogP contribution in [0.4, 0.5) is 5.69 Å².